The molecule has 9 heteroatoms. The van der Waals surface area contributed by atoms with Gasteiger partial charge < -0.3 is 15.6 Å². The van der Waals surface area contributed by atoms with E-state index in [0.717, 1.165) is 26.2 Å². The van der Waals surface area contributed by atoms with E-state index in [9.17, 15) is 19.7 Å². The van der Waals surface area contributed by atoms with Gasteiger partial charge in [-0.25, -0.2) is 0 Å². The van der Waals surface area contributed by atoms with Gasteiger partial charge in [-0.2, -0.15) is 0 Å². The number of aromatic amines is 1. The lowest BCUT2D eigenvalue weighted by molar-refractivity contribution is -0.384. The molecule has 1 saturated heterocycles. The van der Waals surface area contributed by atoms with E-state index in [1.165, 1.54) is 24.3 Å². The summed E-state index contributed by atoms with van der Waals surface area (Å²) in [6.07, 6.45) is 0. The lowest BCUT2D eigenvalue weighted by Crippen LogP contribution is -2.46. The summed E-state index contributed by atoms with van der Waals surface area (Å²) >= 11 is 0. The molecule has 1 aromatic heterocycles. The number of nitrogens with zero attached hydrogens (tertiary/aromatic N) is 2. The zero-order valence-electron chi connectivity index (χ0n) is 13.6. The first-order valence-corrected chi connectivity index (χ1v) is 8.07. The summed E-state index contributed by atoms with van der Waals surface area (Å²) in [5.74, 6) is -0.410. The van der Waals surface area contributed by atoms with Gasteiger partial charge in [0.05, 0.1) is 10.5 Å². The van der Waals surface area contributed by atoms with Crippen molar-refractivity contribution < 1.29 is 9.72 Å². The van der Waals surface area contributed by atoms with Gasteiger partial charge in [0.25, 0.3) is 11.6 Å². The average molecular weight is 345 g/mol. The van der Waals surface area contributed by atoms with Gasteiger partial charge in [-0.05, 0) is 6.07 Å². The van der Waals surface area contributed by atoms with Crippen LogP contribution in [0.25, 0.3) is 10.9 Å². The van der Waals surface area contributed by atoms with Gasteiger partial charge >= 0.3 is 0 Å². The molecule has 0 unspecified atom stereocenters. The number of fused-ring (bicyclic) bond motifs is 1. The summed E-state index contributed by atoms with van der Waals surface area (Å²) in [5.41, 5.74) is -0.0175. The van der Waals surface area contributed by atoms with Crippen LogP contribution in [0.5, 0.6) is 0 Å². The number of H-pyrrole nitrogens is 1. The van der Waals surface area contributed by atoms with Crippen LogP contribution in [0.1, 0.15) is 10.4 Å². The summed E-state index contributed by atoms with van der Waals surface area (Å²) in [5, 5.41) is 17.4. The summed E-state index contributed by atoms with van der Waals surface area (Å²) < 4.78 is 0. The molecule has 1 aromatic carbocycles. The van der Waals surface area contributed by atoms with Gasteiger partial charge in [0.15, 0.2) is 0 Å². The second-order valence-electron chi connectivity index (χ2n) is 5.88. The molecule has 25 heavy (non-hydrogen) atoms. The SMILES string of the molecule is O=C(NCCN1CCNCC1)c1cc(=O)[nH]c2ccc([N+](=O)[O-])cc12. The fourth-order valence-corrected chi connectivity index (χ4v) is 2.90. The standard InChI is InChI=1S/C16H19N5O4/c22-15-10-13(12-9-11(21(24)25)1-2-14(12)19-15)16(23)18-5-8-20-6-3-17-4-7-20/h1-2,9-10,17H,3-8H2,(H,18,23)(H,19,22). The normalized spacial score (nSPS) is 15.2. The summed E-state index contributed by atoms with van der Waals surface area (Å²) in [6, 6.07) is 5.21. The summed E-state index contributed by atoms with van der Waals surface area (Å²) in [6.45, 7) is 4.87. The van der Waals surface area contributed by atoms with Gasteiger partial charge in [0, 0.05) is 68.4 Å². The number of carbonyl (C=O) groups excluding carboxylic acids is 1. The van der Waals surface area contributed by atoms with Crippen LogP contribution >= 0.6 is 0 Å². The number of piperazine rings is 1. The molecular weight excluding hydrogens is 326 g/mol. The fraction of sp³-hybridized carbons (Fsp3) is 0.375. The molecule has 0 bridgehead atoms. The molecule has 2 aromatic rings. The van der Waals surface area contributed by atoms with Crippen molar-refractivity contribution in [3.8, 4) is 0 Å². The number of aromatic nitrogens is 1. The lowest BCUT2D eigenvalue weighted by atomic mass is 10.1. The van der Waals surface area contributed by atoms with Gasteiger partial charge in [-0.3, -0.25) is 24.6 Å². The minimum atomic E-state index is -0.531. The number of pyridine rings is 1. The predicted octanol–water partition coefficient (Wildman–Crippen LogP) is 0.0713. The largest absolute Gasteiger partial charge is 0.351 e. The highest BCUT2D eigenvalue weighted by Crippen LogP contribution is 2.21. The van der Waals surface area contributed by atoms with Crippen molar-refractivity contribution in [1.29, 1.82) is 0 Å². The van der Waals surface area contributed by atoms with Crippen LogP contribution in [0, 0.1) is 10.1 Å². The molecule has 9 nitrogen and oxygen atoms in total. The smallest absolute Gasteiger partial charge is 0.270 e. The monoisotopic (exact) mass is 345 g/mol. The van der Waals surface area contributed by atoms with Crippen LogP contribution in [0.15, 0.2) is 29.1 Å². The average Bonchev–Trinajstić information content (AvgIpc) is 2.61. The highest BCUT2D eigenvalue weighted by Gasteiger charge is 2.16. The van der Waals surface area contributed by atoms with E-state index in [-0.39, 0.29) is 11.3 Å². The molecule has 132 valence electrons. The second kappa shape index (κ2) is 7.41. The Bertz CT molecular complexity index is 857. The van der Waals surface area contributed by atoms with E-state index >= 15 is 0 Å². The molecule has 0 radical (unpaired) electrons. The quantitative estimate of drug-likeness (QED) is 0.521. The Kier molecular flexibility index (Phi) is 5.05. The number of hydrogen-bond donors (Lipinski definition) is 3. The second-order valence-corrected chi connectivity index (χ2v) is 5.88. The Labute approximate surface area is 143 Å². The van der Waals surface area contributed by atoms with E-state index in [4.69, 9.17) is 0 Å². The molecule has 0 aliphatic carbocycles. The summed E-state index contributed by atoms with van der Waals surface area (Å²) in [7, 11) is 0. The third-order valence-corrected chi connectivity index (χ3v) is 4.21. The maximum atomic E-state index is 12.5. The maximum Gasteiger partial charge on any atom is 0.270 e. The van der Waals surface area contributed by atoms with Crippen molar-refractivity contribution in [2.24, 2.45) is 0 Å². The van der Waals surface area contributed by atoms with Gasteiger partial charge in [-0.1, -0.05) is 0 Å². The van der Waals surface area contributed by atoms with Crippen molar-refractivity contribution >= 4 is 22.5 Å². The van der Waals surface area contributed by atoms with Gasteiger partial charge in [-0.15, -0.1) is 0 Å². The Morgan fingerprint density at radius 3 is 2.76 bits per heavy atom. The third-order valence-electron chi connectivity index (χ3n) is 4.21. The number of benzene rings is 1. The highest BCUT2D eigenvalue weighted by molar-refractivity contribution is 6.06. The number of nitro groups is 1. The number of hydrogen-bond acceptors (Lipinski definition) is 6. The fourth-order valence-electron chi connectivity index (χ4n) is 2.90. The first kappa shape index (κ1) is 17.1. The van der Waals surface area contributed by atoms with E-state index in [2.05, 4.69) is 20.5 Å². The van der Waals surface area contributed by atoms with Gasteiger partial charge in [0.1, 0.15) is 0 Å². The van der Waals surface area contributed by atoms with E-state index in [0.29, 0.717) is 24.0 Å². The molecule has 0 atom stereocenters. The molecule has 0 saturated carbocycles. The Hall–Kier alpha value is -2.78. The lowest BCUT2D eigenvalue weighted by Gasteiger charge is -2.27. The van der Waals surface area contributed by atoms with Crippen LogP contribution < -0.4 is 16.2 Å². The van der Waals surface area contributed by atoms with Crippen LogP contribution in [-0.4, -0.2) is 60.0 Å². The first-order valence-electron chi connectivity index (χ1n) is 8.07. The Morgan fingerprint density at radius 1 is 1.28 bits per heavy atom. The zero-order valence-corrected chi connectivity index (χ0v) is 13.6. The van der Waals surface area contributed by atoms with E-state index in [1.807, 2.05) is 0 Å². The van der Waals surface area contributed by atoms with E-state index in [1.54, 1.807) is 0 Å². The maximum absolute atomic E-state index is 12.5. The predicted molar refractivity (Wildman–Crippen MR) is 92.9 cm³/mol. The number of nitro benzene ring substituents is 1. The number of rotatable bonds is 5. The number of amides is 1. The molecule has 1 aliphatic heterocycles. The molecule has 2 heterocycles. The van der Waals surface area contributed by atoms with Crippen molar-refractivity contribution in [3.05, 3.63) is 50.3 Å². The zero-order chi connectivity index (χ0) is 17.8. The molecule has 1 aliphatic rings. The Balaban J connectivity index is 1.78. The number of nitrogens with one attached hydrogen (secondary N) is 3. The Morgan fingerprint density at radius 2 is 2.04 bits per heavy atom. The molecule has 3 N–H and O–H groups in total. The number of non-ortho nitro benzene ring substituents is 1. The van der Waals surface area contributed by atoms with Crippen molar-refractivity contribution in [2.45, 2.75) is 0 Å². The van der Waals surface area contributed by atoms with Crippen LogP contribution in [-0.2, 0) is 0 Å². The van der Waals surface area contributed by atoms with Crippen LogP contribution in [0.4, 0.5) is 5.69 Å². The van der Waals surface area contributed by atoms with Crippen LogP contribution in [0.2, 0.25) is 0 Å². The molecule has 3 rings (SSSR count). The van der Waals surface area contributed by atoms with Gasteiger partial charge in [0.2, 0.25) is 5.56 Å². The van der Waals surface area contributed by atoms with Crippen molar-refractivity contribution in [3.63, 3.8) is 0 Å². The van der Waals surface area contributed by atoms with Crippen molar-refractivity contribution in [1.82, 2.24) is 20.5 Å². The topological polar surface area (TPSA) is 120 Å². The number of carbonyl (C=O) groups is 1. The molecule has 0 spiro atoms. The minimum Gasteiger partial charge on any atom is -0.351 e. The first-order chi connectivity index (χ1) is 12.0. The van der Waals surface area contributed by atoms with Crippen LogP contribution in [0.3, 0.4) is 0 Å². The molecule has 1 fully saturated rings. The van der Waals surface area contributed by atoms with Crippen molar-refractivity contribution in [2.75, 3.05) is 39.3 Å². The van der Waals surface area contributed by atoms with E-state index < -0.39 is 16.4 Å². The minimum absolute atomic E-state index is 0.130. The third kappa shape index (κ3) is 4.01. The molecular formula is C16H19N5O4. The highest BCUT2D eigenvalue weighted by atomic mass is 16.6. The molecule has 1 amide bonds. The summed E-state index contributed by atoms with van der Waals surface area (Å²) in [4.78, 5) is 39.5.